The minimum atomic E-state index is -3.17. The minimum Gasteiger partial charge on any atom is -0.494 e. The maximum absolute atomic E-state index is 11.8. The molecule has 0 aliphatic carbocycles. The standard InChI is InChI=1S/C13H19N3O5S/c1-3-22(19,20)15-8-6-14(7-9-15)12-5-4-11(16(17)18)10-13(12)21-2/h4-5,10H,3,6-9H2,1-2H3. The summed E-state index contributed by atoms with van der Waals surface area (Å²) in [6, 6.07) is 4.44. The summed E-state index contributed by atoms with van der Waals surface area (Å²) in [5.74, 6) is 0.509. The Balaban J connectivity index is 2.16. The summed E-state index contributed by atoms with van der Waals surface area (Å²) in [5, 5.41) is 10.8. The lowest BCUT2D eigenvalue weighted by Gasteiger charge is -2.35. The van der Waals surface area contributed by atoms with Crippen LogP contribution in [0.5, 0.6) is 5.75 Å². The molecule has 1 aliphatic rings. The van der Waals surface area contributed by atoms with E-state index in [1.165, 1.54) is 23.5 Å². The third-order valence-corrected chi connectivity index (χ3v) is 5.59. The van der Waals surface area contributed by atoms with Gasteiger partial charge in [-0.15, -0.1) is 0 Å². The van der Waals surface area contributed by atoms with E-state index in [9.17, 15) is 18.5 Å². The maximum atomic E-state index is 11.8. The third-order valence-electron chi connectivity index (χ3n) is 3.71. The molecule has 0 aromatic heterocycles. The second-order valence-electron chi connectivity index (χ2n) is 4.90. The molecule has 0 saturated carbocycles. The van der Waals surface area contributed by atoms with Crippen molar-refractivity contribution in [2.24, 2.45) is 0 Å². The van der Waals surface area contributed by atoms with Crippen LogP contribution in [0.4, 0.5) is 11.4 Å². The van der Waals surface area contributed by atoms with Crippen LogP contribution in [0.15, 0.2) is 18.2 Å². The Kier molecular flexibility index (Phi) is 4.87. The average molecular weight is 329 g/mol. The summed E-state index contributed by atoms with van der Waals surface area (Å²) in [6.07, 6.45) is 0. The highest BCUT2D eigenvalue weighted by Crippen LogP contribution is 2.32. The average Bonchev–Trinajstić information content (AvgIpc) is 2.54. The number of sulfonamides is 1. The van der Waals surface area contributed by atoms with Gasteiger partial charge in [-0.25, -0.2) is 8.42 Å². The van der Waals surface area contributed by atoms with Crippen molar-refractivity contribution in [2.75, 3.05) is 43.9 Å². The molecule has 9 heteroatoms. The Morgan fingerprint density at radius 3 is 2.41 bits per heavy atom. The highest BCUT2D eigenvalue weighted by Gasteiger charge is 2.27. The van der Waals surface area contributed by atoms with Gasteiger partial charge >= 0.3 is 0 Å². The zero-order valence-corrected chi connectivity index (χ0v) is 13.4. The van der Waals surface area contributed by atoms with Crippen LogP contribution in [0.3, 0.4) is 0 Å². The van der Waals surface area contributed by atoms with Gasteiger partial charge in [-0.3, -0.25) is 10.1 Å². The summed E-state index contributed by atoms with van der Waals surface area (Å²) in [5.41, 5.74) is 0.703. The van der Waals surface area contributed by atoms with Gasteiger partial charge in [0.05, 0.1) is 29.5 Å². The van der Waals surface area contributed by atoms with E-state index in [1.54, 1.807) is 13.0 Å². The fourth-order valence-corrected chi connectivity index (χ4v) is 3.52. The molecule has 1 aliphatic heterocycles. The zero-order chi connectivity index (χ0) is 16.3. The number of hydrogen-bond acceptors (Lipinski definition) is 6. The number of anilines is 1. The summed E-state index contributed by atoms with van der Waals surface area (Å²) in [6.45, 7) is 3.47. The maximum Gasteiger partial charge on any atom is 0.273 e. The molecule has 0 bridgehead atoms. The van der Waals surface area contributed by atoms with Gasteiger partial charge in [-0.2, -0.15) is 4.31 Å². The quantitative estimate of drug-likeness (QED) is 0.593. The largest absolute Gasteiger partial charge is 0.494 e. The molecule has 22 heavy (non-hydrogen) atoms. The highest BCUT2D eigenvalue weighted by atomic mass is 32.2. The van der Waals surface area contributed by atoms with Gasteiger partial charge in [-0.05, 0) is 13.0 Å². The predicted molar refractivity (Wildman–Crippen MR) is 82.9 cm³/mol. The lowest BCUT2D eigenvalue weighted by atomic mass is 10.2. The van der Waals surface area contributed by atoms with Crippen molar-refractivity contribution in [3.8, 4) is 5.75 Å². The Labute approximate surface area is 129 Å². The first-order valence-electron chi connectivity index (χ1n) is 6.94. The zero-order valence-electron chi connectivity index (χ0n) is 12.6. The number of nitro groups is 1. The molecule has 0 amide bonds. The summed E-state index contributed by atoms with van der Waals surface area (Å²) in [7, 11) is -1.72. The van der Waals surface area contributed by atoms with Crippen LogP contribution in [0.25, 0.3) is 0 Å². The molecule has 1 aromatic carbocycles. The van der Waals surface area contributed by atoms with Crippen molar-refractivity contribution in [2.45, 2.75) is 6.92 Å². The van der Waals surface area contributed by atoms with Gasteiger partial charge in [0, 0.05) is 32.2 Å². The van der Waals surface area contributed by atoms with Crippen molar-refractivity contribution in [1.29, 1.82) is 0 Å². The van der Waals surface area contributed by atoms with E-state index in [1.807, 2.05) is 4.90 Å². The predicted octanol–water partition coefficient (Wildman–Crippen LogP) is 1.08. The Hall–Kier alpha value is -1.87. The van der Waals surface area contributed by atoms with Crippen molar-refractivity contribution in [1.82, 2.24) is 4.31 Å². The fraction of sp³-hybridized carbons (Fsp3) is 0.538. The van der Waals surface area contributed by atoms with E-state index in [4.69, 9.17) is 4.74 Å². The smallest absolute Gasteiger partial charge is 0.273 e. The number of ether oxygens (including phenoxy) is 1. The van der Waals surface area contributed by atoms with E-state index in [2.05, 4.69) is 0 Å². The van der Waals surface area contributed by atoms with E-state index < -0.39 is 14.9 Å². The molecule has 122 valence electrons. The molecule has 1 fully saturated rings. The monoisotopic (exact) mass is 329 g/mol. The number of nitrogens with zero attached hydrogens (tertiary/aromatic N) is 3. The molecule has 8 nitrogen and oxygen atoms in total. The Bertz CT molecular complexity index is 654. The molecule has 1 aromatic rings. The first-order chi connectivity index (χ1) is 10.4. The van der Waals surface area contributed by atoms with Crippen molar-refractivity contribution >= 4 is 21.4 Å². The molecular formula is C13H19N3O5S. The van der Waals surface area contributed by atoms with Crippen LogP contribution in [0.2, 0.25) is 0 Å². The van der Waals surface area contributed by atoms with Gasteiger partial charge in [0.15, 0.2) is 0 Å². The summed E-state index contributed by atoms with van der Waals surface area (Å²) < 4.78 is 30.4. The van der Waals surface area contributed by atoms with E-state index in [0.717, 1.165) is 5.69 Å². The molecule has 0 unspecified atom stereocenters. The van der Waals surface area contributed by atoms with Crippen LogP contribution >= 0.6 is 0 Å². The van der Waals surface area contributed by atoms with E-state index in [0.29, 0.717) is 31.9 Å². The number of methoxy groups -OCH3 is 1. The molecule has 0 radical (unpaired) electrons. The summed E-state index contributed by atoms with van der Waals surface area (Å²) >= 11 is 0. The first kappa shape index (κ1) is 16.5. The van der Waals surface area contributed by atoms with Crippen LogP contribution in [-0.4, -0.2) is 56.7 Å². The van der Waals surface area contributed by atoms with E-state index in [-0.39, 0.29) is 11.4 Å². The fourth-order valence-electron chi connectivity index (χ4n) is 2.43. The van der Waals surface area contributed by atoms with Crippen LogP contribution in [0.1, 0.15) is 6.92 Å². The number of piperazine rings is 1. The van der Waals surface area contributed by atoms with Gasteiger partial charge in [0.1, 0.15) is 5.75 Å². The molecule has 1 saturated heterocycles. The lowest BCUT2D eigenvalue weighted by molar-refractivity contribution is -0.384. The van der Waals surface area contributed by atoms with Crippen molar-refractivity contribution in [3.63, 3.8) is 0 Å². The summed E-state index contributed by atoms with van der Waals surface area (Å²) in [4.78, 5) is 12.3. The number of benzene rings is 1. The van der Waals surface area contributed by atoms with Crippen molar-refractivity contribution in [3.05, 3.63) is 28.3 Å². The first-order valence-corrected chi connectivity index (χ1v) is 8.55. The molecule has 0 spiro atoms. The van der Waals surface area contributed by atoms with Gasteiger partial charge < -0.3 is 9.64 Å². The number of non-ortho nitro benzene ring substituents is 1. The topological polar surface area (TPSA) is 93.0 Å². The lowest BCUT2D eigenvalue weighted by Crippen LogP contribution is -2.49. The van der Waals surface area contributed by atoms with E-state index >= 15 is 0 Å². The molecule has 2 rings (SSSR count). The van der Waals surface area contributed by atoms with Crippen LogP contribution in [0, 0.1) is 10.1 Å². The third kappa shape index (κ3) is 3.30. The SMILES string of the molecule is CCS(=O)(=O)N1CCN(c2ccc([N+](=O)[O-])cc2OC)CC1. The molecular weight excluding hydrogens is 310 g/mol. The number of hydrogen-bond donors (Lipinski definition) is 0. The number of rotatable bonds is 5. The van der Waals surface area contributed by atoms with Gasteiger partial charge in [0.2, 0.25) is 10.0 Å². The second-order valence-corrected chi connectivity index (χ2v) is 7.16. The molecule has 1 heterocycles. The normalized spacial score (nSPS) is 16.5. The van der Waals surface area contributed by atoms with Crippen LogP contribution in [-0.2, 0) is 10.0 Å². The minimum absolute atomic E-state index is 0.0344. The Morgan fingerprint density at radius 2 is 1.91 bits per heavy atom. The molecule has 0 N–H and O–H groups in total. The second kappa shape index (κ2) is 6.49. The van der Waals surface area contributed by atoms with Gasteiger partial charge in [0.25, 0.3) is 5.69 Å². The Morgan fingerprint density at radius 1 is 1.27 bits per heavy atom. The number of nitro benzene ring substituents is 1. The van der Waals surface area contributed by atoms with Gasteiger partial charge in [-0.1, -0.05) is 0 Å². The van der Waals surface area contributed by atoms with Crippen LogP contribution < -0.4 is 9.64 Å². The highest BCUT2D eigenvalue weighted by molar-refractivity contribution is 7.89. The molecule has 0 atom stereocenters. The van der Waals surface area contributed by atoms with Crippen molar-refractivity contribution < 1.29 is 18.1 Å².